The van der Waals surface area contributed by atoms with E-state index >= 15 is 0 Å². The number of rotatable bonds is 6. The normalized spacial score (nSPS) is 14.5. The third kappa shape index (κ3) is 3.53. The van der Waals surface area contributed by atoms with Gasteiger partial charge in [0.25, 0.3) is 0 Å². The Morgan fingerprint density at radius 2 is 2.05 bits per heavy atom. The summed E-state index contributed by atoms with van der Waals surface area (Å²) >= 11 is 0. The predicted molar refractivity (Wildman–Crippen MR) is 87.9 cm³/mol. The Morgan fingerprint density at radius 1 is 1.32 bits per heavy atom. The minimum atomic E-state index is -0.194. The summed E-state index contributed by atoms with van der Waals surface area (Å²) in [5, 5.41) is 6.12. The van der Waals surface area contributed by atoms with Gasteiger partial charge in [-0.25, -0.2) is 0 Å². The van der Waals surface area contributed by atoms with Gasteiger partial charge in [0.15, 0.2) is 11.5 Å². The number of carbonyl (C=O) groups is 1. The van der Waals surface area contributed by atoms with Gasteiger partial charge in [0, 0.05) is 0 Å². The zero-order valence-corrected chi connectivity index (χ0v) is 13.9. The second-order valence-corrected chi connectivity index (χ2v) is 5.69. The summed E-state index contributed by atoms with van der Waals surface area (Å²) in [7, 11) is 1.82. The number of aryl methyl sites for hydroxylation is 1. The molecular weight excluding hydrogens is 280 g/mol. The van der Waals surface area contributed by atoms with Crippen molar-refractivity contribution in [1.29, 1.82) is 0 Å². The van der Waals surface area contributed by atoms with Gasteiger partial charge in [0.05, 0.1) is 11.7 Å². The molecule has 122 valence electrons. The van der Waals surface area contributed by atoms with Crippen molar-refractivity contribution < 1.29 is 14.3 Å². The fourth-order valence-electron chi connectivity index (χ4n) is 2.58. The number of unbranched alkanes of at least 4 members (excludes halogenated alkanes) is 1. The fraction of sp³-hybridized carbons (Fsp3) is 0.588. The molecule has 1 atom stereocenters. The molecule has 1 unspecified atom stereocenters. The van der Waals surface area contributed by atoms with Gasteiger partial charge in [-0.15, -0.1) is 0 Å². The minimum Gasteiger partial charge on any atom is -0.486 e. The maximum Gasteiger partial charge on any atom is 0.241 e. The summed E-state index contributed by atoms with van der Waals surface area (Å²) in [6.07, 6.45) is 2.91. The van der Waals surface area contributed by atoms with E-state index in [2.05, 4.69) is 17.6 Å². The van der Waals surface area contributed by atoms with Crippen LogP contribution >= 0.6 is 0 Å². The average Bonchev–Trinajstić information content (AvgIpc) is 2.52. The zero-order valence-electron chi connectivity index (χ0n) is 13.9. The number of hydrogen-bond acceptors (Lipinski definition) is 4. The lowest BCUT2D eigenvalue weighted by Crippen LogP contribution is -2.38. The van der Waals surface area contributed by atoms with Crippen LogP contribution in [0, 0.1) is 13.8 Å². The number of nitrogens with one attached hydrogen (secondary N) is 2. The molecule has 0 saturated heterocycles. The van der Waals surface area contributed by atoms with Crippen molar-refractivity contribution in [2.24, 2.45) is 0 Å². The summed E-state index contributed by atoms with van der Waals surface area (Å²) in [5.74, 6) is 1.33. The Hall–Kier alpha value is -1.75. The van der Waals surface area contributed by atoms with Crippen LogP contribution in [0.4, 0.5) is 5.69 Å². The van der Waals surface area contributed by atoms with E-state index in [1.54, 1.807) is 0 Å². The highest BCUT2D eigenvalue weighted by atomic mass is 16.6. The number of fused-ring (bicyclic) bond motifs is 1. The average molecular weight is 306 g/mol. The maximum absolute atomic E-state index is 12.5. The van der Waals surface area contributed by atoms with Gasteiger partial charge in [-0.1, -0.05) is 19.8 Å². The van der Waals surface area contributed by atoms with Crippen molar-refractivity contribution in [2.45, 2.75) is 46.1 Å². The molecular formula is C17H26N2O3. The summed E-state index contributed by atoms with van der Waals surface area (Å²) < 4.78 is 11.4. The Bertz CT molecular complexity index is 543. The number of hydrogen-bond donors (Lipinski definition) is 2. The van der Waals surface area contributed by atoms with Crippen LogP contribution in [0.1, 0.15) is 37.3 Å². The molecule has 1 aromatic rings. The SMILES string of the molecule is CCCCC(NC)C(=O)Nc1c(C)c(C)cc2c1OCCO2. The summed E-state index contributed by atoms with van der Waals surface area (Å²) in [5.41, 5.74) is 2.83. The second kappa shape index (κ2) is 7.49. The lowest BCUT2D eigenvalue weighted by atomic mass is 10.0. The monoisotopic (exact) mass is 306 g/mol. The van der Waals surface area contributed by atoms with Crippen molar-refractivity contribution in [1.82, 2.24) is 5.32 Å². The van der Waals surface area contributed by atoms with Gasteiger partial charge in [-0.2, -0.15) is 0 Å². The van der Waals surface area contributed by atoms with E-state index in [1.807, 2.05) is 27.0 Å². The standard InChI is InChI=1S/C17H26N2O3/c1-5-6-7-13(18-4)17(20)19-15-12(3)11(2)10-14-16(15)22-9-8-21-14/h10,13,18H,5-9H2,1-4H3,(H,19,20). The van der Waals surface area contributed by atoms with E-state index < -0.39 is 0 Å². The number of anilines is 1. The molecule has 1 heterocycles. The maximum atomic E-state index is 12.5. The Morgan fingerprint density at radius 3 is 2.73 bits per heavy atom. The van der Waals surface area contributed by atoms with Crippen LogP contribution in [-0.2, 0) is 4.79 Å². The largest absolute Gasteiger partial charge is 0.486 e. The van der Waals surface area contributed by atoms with Crippen LogP contribution in [0.15, 0.2) is 6.07 Å². The molecule has 0 spiro atoms. The smallest absolute Gasteiger partial charge is 0.241 e. The summed E-state index contributed by atoms with van der Waals surface area (Å²) in [6.45, 7) is 7.17. The van der Waals surface area contributed by atoms with E-state index in [9.17, 15) is 4.79 Å². The molecule has 0 saturated carbocycles. The third-order valence-electron chi connectivity index (χ3n) is 4.11. The molecule has 1 aliphatic heterocycles. The van der Waals surface area contributed by atoms with E-state index in [0.29, 0.717) is 24.7 Å². The highest BCUT2D eigenvalue weighted by Crippen LogP contribution is 2.41. The number of ether oxygens (including phenoxy) is 2. The lowest BCUT2D eigenvalue weighted by molar-refractivity contribution is -0.118. The highest BCUT2D eigenvalue weighted by molar-refractivity contribution is 5.97. The van der Waals surface area contributed by atoms with Crippen molar-refractivity contribution in [3.8, 4) is 11.5 Å². The van der Waals surface area contributed by atoms with Gasteiger partial charge in [0.1, 0.15) is 13.2 Å². The molecule has 0 radical (unpaired) electrons. The van der Waals surface area contributed by atoms with E-state index in [1.165, 1.54) is 0 Å². The minimum absolute atomic E-state index is 0.0268. The van der Waals surface area contributed by atoms with Gasteiger partial charge in [0.2, 0.25) is 5.91 Å². The highest BCUT2D eigenvalue weighted by Gasteiger charge is 2.23. The van der Waals surface area contributed by atoms with Gasteiger partial charge in [-0.05, 0) is 44.5 Å². The number of benzene rings is 1. The molecule has 1 amide bonds. The lowest BCUT2D eigenvalue weighted by Gasteiger charge is -2.25. The molecule has 2 N–H and O–H groups in total. The first-order chi connectivity index (χ1) is 10.6. The third-order valence-corrected chi connectivity index (χ3v) is 4.11. The fourth-order valence-corrected chi connectivity index (χ4v) is 2.58. The molecule has 1 aromatic carbocycles. The number of likely N-dealkylation sites (N-methyl/N-ethyl adjacent to an activating group) is 1. The number of amides is 1. The quantitative estimate of drug-likeness (QED) is 0.848. The van der Waals surface area contributed by atoms with Crippen molar-refractivity contribution in [2.75, 3.05) is 25.6 Å². The molecule has 2 rings (SSSR count). The first kappa shape index (κ1) is 16.6. The van der Waals surface area contributed by atoms with Crippen LogP contribution in [0.3, 0.4) is 0 Å². The zero-order chi connectivity index (χ0) is 16.1. The molecule has 0 bridgehead atoms. The van der Waals surface area contributed by atoms with Crippen LogP contribution in [0.5, 0.6) is 11.5 Å². The van der Waals surface area contributed by atoms with Crippen LogP contribution in [-0.4, -0.2) is 32.2 Å². The Labute approximate surface area is 132 Å². The summed E-state index contributed by atoms with van der Waals surface area (Å²) in [4.78, 5) is 12.5. The van der Waals surface area contributed by atoms with Gasteiger partial charge in [-0.3, -0.25) is 4.79 Å². The molecule has 1 aliphatic rings. The van der Waals surface area contributed by atoms with Gasteiger partial charge >= 0.3 is 0 Å². The van der Waals surface area contributed by atoms with Crippen LogP contribution < -0.4 is 20.1 Å². The molecule has 5 nitrogen and oxygen atoms in total. The molecule has 5 heteroatoms. The second-order valence-electron chi connectivity index (χ2n) is 5.69. The van der Waals surface area contributed by atoms with E-state index in [0.717, 1.165) is 36.1 Å². The van der Waals surface area contributed by atoms with Crippen molar-refractivity contribution >= 4 is 11.6 Å². The molecule has 0 aliphatic carbocycles. The number of carbonyl (C=O) groups excluding carboxylic acids is 1. The predicted octanol–water partition coefficient (Wildman–Crippen LogP) is 2.79. The molecule has 0 aromatic heterocycles. The first-order valence-electron chi connectivity index (χ1n) is 7.96. The topological polar surface area (TPSA) is 59.6 Å². The first-order valence-corrected chi connectivity index (χ1v) is 7.96. The summed E-state index contributed by atoms with van der Waals surface area (Å²) in [6, 6.07) is 1.77. The van der Waals surface area contributed by atoms with Crippen molar-refractivity contribution in [3.63, 3.8) is 0 Å². The van der Waals surface area contributed by atoms with Crippen molar-refractivity contribution in [3.05, 3.63) is 17.2 Å². The Balaban J connectivity index is 2.24. The van der Waals surface area contributed by atoms with E-state index in [-0.39, 0.29) is 11.9 Å². The molecule has 0 fully saturated rings. The molecule has 22 heavy (non-hydrogen) atoms. The van der Waals surface area contributed by atoms with Crippen LogP contribution in [0.25, 0.3) is 0 Å². The van der Waals surface area contributed by atoms with E-state index in [4.69, 9.17) is 9.47 Å². The Kier molecular flexibility index (Phi) is 5.66. The van der Waals surface area contributed by atoms with Gasteiger partial charge < -0.3 is 20.1 Å². The van der Waals surface area contributed by atoms with Crippen LogP contribution in [0.2, 0.25) is 0 Å².